The maximum absolute atomic E-state index is 11.7. The Hall–Kier alpha value is -0.960. The van der Waals surface area contributed by atoms with E-state index in [-0.39, 0.29) is 12.4 Å². The van der Waals surface area contributed by atoms with Gasteiger partial charge in [-0.15, -0.1) is 0 Å². The van der Waals surface area contributed by atoms with E-state index in [4.69, 9.17) is 15.2 Å². The Kier molecular flexibility index (Phi) is 4.00. The van der Waals surface area contributed by atoms with E-state index in [2.05, 4.69) is 20.9 Å². The molecule has 3 unspecified atom stereocenters. The number of aliphatic hydroxyl groups is 1. The van der Waals surface area contributed by atoms with Crippen LogP contribution in [-0.4, -0.2) is 40.6 Å². The summed E-state index contributed by atoms with van der Waals surface area (Å²) < 4.78 is 12.3. The predicted molar refractivity (Wildman–Crippen MR) is 67.0 cm³/mol. The molecule has 0 radical (unpaired) electrons. The maximum Gasteiger partial charge on any atom is 0.351 e. The van der Waals surface area contributed by atoms with Crippen molar-refractivity contribution in [1.82, 2.24) is 9.55 Å². The van der Waals surface area contributed by atoms with Gasteiger partial charge in [-0.2, -0.15) is 4.98 Å². The summed E-state index contributed by atoms with van der Waals surface area (Å²) in [4.78, 5) is 15.4. The number of ether oxygens (including phenoxy) is 2. The van der Waals surface area contributed by atoms with Gasteiger partial charge in [0.2, 0.25) is 0 Å². The van der Waals surface area contributed by atoms with Crippen molar-refractivity contribution in [2.45, 2.75) is 24.9 Å². The lowest BCUT2D eigenvalue weighted by atomic mass is 10.2. The standard InChI is InChI=1S/C10H14BrN3O4/c1-17-4-7-6(15)2-8(18-7)14-3-5(11)9(12)13-10(14)16/h3,6-8,15H,2,4H2,1H3,(H2,12,13,16). The highest BCUT2D eigenvalue weighted by molar-refractivity contribution is 9.10. The second-order valence-corrected chi connectivity index (χ2v) is 4.91. The van der Waals surface area contributed by atoms with Gasteiger partial charge in [-0.3, -0.25) is 4.57 Å². The van der Waals surface area contributed by atoms with Crippen molar-refractivity contribution < 1.29 is 14.6 Å². The molecule has 1 aromatic heterocycles. The van der Waals surface area contributed by atoms with Crippen LogP contribution in [-0.2, 0) is 9.47 Å². The number of rotatable bonds is 3. The van der Waals surface area contributed by atoms with Crippen LogP contribution < -0.4 is 11.4 Å². The van der Waals surface area contributed by atoms with Crippen LogP contribution in [0.25, 0.3) is 0 Å². The minimum Gasteiger partial charge on any atom is -0.390 e. The Bertz CT molecular complexity index is 493. The molecule has 1 saturated heterocycles. The fourth-order valence-corrected chi connectivity index (χ4v) is 2.17. The summed E-state index contributed by atoms with van der Waals surface area (Å²) >= 11 is 3.20. The van der Waals surface area contributed by atoms with E-state index in [0.29, 0.717) is 10.9 Å². The third-order valence-electron chi connectivity index (χ3n) is 2.78. The van der Waals surface area contributed by atoms with Crippen LogP contribution in [0.2, 0.25) is 0 Å². The summed E-state index contributed by atoms with van der Waals surface area (Å²) in [5.41, 5.74) is 5.00. The van der Waals surface area contributed by atoms with Gasteiger partial charge in [-0.25, -0.2) is 4.79 Å². The van der Waals surface area contributed by atoms with E-state index in [0.717, 1.165) is 0 Å². The van der Waals surface area contributed by atoms with Crippen LogP contribution >= 0.6 is 15.9 Å². The molecule has 100 valence electrons. The number of aromatic nitrogens is 2. The third kappa shape index (κ3) is 2.56. The molecule has 2 heterocycles. The number of hydrogen-bond donors (Lipinski definition) is 2. The van der Waals surface area contributed by atoms with Gasteiger partial charge in [0.1, 0.15) is 18.1 Å². The molecule has 1 aliphatic rings. The summed E-state index contributed by atoms with van der Waals surface area (Å²) in [7, 11) is 1.52. The molecule has 0 bridgehead atoms. The topological polar surface area (TPSA) is 99.6 Å². The van der Waals surface area contributed by atoms with Crippen LogP contribution in [0.15, 0.2) is 15.5 Å². The molecular weight excluding hydrogens is 306 g/mol. The van der Waals surface area contributed by atoms with Gasteiger partial charge in [0, 0.05) is 19.7 Å². The van der Waals surface area contributed by atoms with Crippen LogP contribution in [0.5, 0.6) is 0 Å². The second-order valence-electron chi connectivity index (χ2n) is 4.05. The van der Waals surface area contributed by atoms with Gasteiger partial charge < -0.3 is 20.3 Å². The maximum atomic E-state index is 11.7. The quantitative estimate of drug-likeness (QED) is 0.806. The van der Waals surface area contributed by atoms with Crippen molar-refractivity contribution in [1.29, 1.82) is 0 Å². The Morgan fingerprint density at radius 1 is 1.78 bits per heavy atom. The number of aliphatic hydroxyl groups excluding tert-OH is 1. The van der Waals surface area contributed by atoms with Crippen LogP contribution in [0.3, 0.4) is 0 Å². The molecule has 0 aromatic carbocycles. The van der Waals surface area contributed by atoms with E-state index in [1.807, 2.05) is 0 Å². The molecule has 8 heteroatoms. The first-order valence-electron chi connectivity index (χ1n) is 5.39. The van der Waals surface area contributed by atoms with Gasteiger partial charge in [0.05, 0.1) is 17.2 Å². The van der Waals surface area contributed by atoms with Crippen LogP contribution in [0.1, 0.15) is 12.6 Å². The predicted octanol–water partition coefficient (Wildman–Crippen LogP) is -0.117. The van der Waals surface area contributed by atoms with Crippen molar-refractivity contribution in [2.24, 2.45) is 0 Å². The second kappa shape index (κ2) is 5.35. The number of nitrogen functional groups attached to an aromatic ring is 1. The summed E-state index contributed by atoms with van der Waals surface area (Å²) in [6.45, 7) is 0.274. The van der Waals surface area contributed by atoms with Crippen LogP contribution in [0.4, 0.5) is 5.82 Å². The zero-order valence-electron chi connectivity index (χ0n) is 9.75. The van der Waals surface area contributed by atoms with Gasteiger partial charge in [0.25, 0.3) is 0 Å². The van der Waals surface area contributed by atoms with Crippen LogP contribution in [0, 0.1) is 0 Å². The number of nitrogens with zero attached hydrogens (tertiary/aromatic N) is 2. The van der Waals surface area contributed by atoms with Crippen molar-refractivity contribution >= 4 is 21.7 Å². The average Bonchev–Trinajstić information content (AvgIpc) is 2.66. The molecule has 3 N–H and O–H groups in total. The number of anilines is 1. The van der Waals surface area contributed by atoms with Gasteiger partial charge in [0.15, 0.2) is 0 Å². The molecule has 1 fully saturated rings. The molecule has 7 nitrogen and oxygen atoms in total. The zero-order chi connectivity index (χ0) is 13.3. The first-order chi connectivity index (χ1) is 8.52. The molecule has 0 saturated carbocycles. The third-order valence-corrected chi connectivity index (χ3v) is 3.39. The molecule has 3 atom stereocenters. The first kappa shape index (κ1) is 13.5. The Balaban J connectivity index is 2.24. The van der Waals surface area contributed by atoms with Gasteiger partial charge in [-0.1, -0.05) is 0 Å². The zero-order valence-corrected chi connectivity index (χ0v) is 11.3. The highest BCUT2D eigenvalue weighted by Crippen LogP contribution is 2.28. The van der Waals surface area contributed by atoms with E-state index in [9.17, 15) is 9.90 Å². The highest BCUT2D eigenvalue weighted by Gasteiger charge is 2.35. The van der Waals surface area contributed by atoms with Crippen molar-refractivity contribution in [3.05, 3.63) is 21.2 Å². The molecule has 0 aliphatic carbocycles. The Morgan fingerprint density at radius 3 is 3.17 bits per heavy atom. The average molecular weight is 320 g/mol. The highest BCUT2D eigenvalue weighted by atomic mass is 79.9. The van der Waals surface area contributed by atoms with Crippen molar-refractivity contribution in [2.75, 3.05) is 19.5 Å². The van der Waals surface area contributed by atoms with E-state index in [1.165, 1.54) is 17.9 Å². The lowest BCUT2D eigenvalue weighted by molar-refractivity contribution is -0.0547. The molecule has 1 aromatic rings. The molecular formula is C10H14BrN3O4. The first-order valence-corrected chi connectivity index (χ1v) is 6.19. The number of hydrogen-bond acceptors (Lipinski definition) is 6. The fourth-order valence-electron chi connectivity index (χ4n) is 1.86. The Labute approximate surface area is 112 Å². The smallest absolute Gasteiger partial charge is 0.351 e. The molecule has 0 spiro atoms. The fraction of sp³-hybridized carbons (Fsp3) is 0.600. The van der Waals surface area contributed by atoms with E-state index < -0.39 is 24.1 Å². The van der Waals surface area contributed by atoms with E-state index >= 15 is 0 Å². The lowest BCUT2D eigenvalue weighted by Gasteiger charge is -2.15. The SMILES string of the molecule is COCC1OC(n2cc(Br)c(N)nc2=O)CC1O. The molecule has 1 aliphatic heterocycles. The Morgan fingerprint density at radius 2 is 2.50 bits per heavy atom. The van der Waals surface area contributed by atoms with Gasteiger partial charge >= 0.3 is 5.69 Å². The minimum atomic E-state index is -0.668. The number of halogens is 1. The summed E-state index contributed by atoms with van der Waals surface area (Å²) in [6, 6.07) is 0. The van der Waals surface area contributed by atoms with Crippen molar-refractivity contribution in [3.63, 3.8) is 0 Å². The largest absolute Gasteiger partial charge is 0.390 e. The van der Waals surface area contributed by atoms with Gasteiger partial charge in [-0.05, 0) is 15.9 Å². The lowest BCUT2D eigenvalue weighted by Crippen LogP contribution is -2.28. The molecule has 18 heavy (non-hydrogen) atoms. The van der Waals surface area contributed by atoms with E-state index in [1.54, 1.807) is 0 Å². The summed E-state index contributed by atoms with van der Waals surface area (Å²) in [6.07, 6.45) is 0.155. The molecule has 0 amide bonds. The monoisotopic (exact) mass is 319 g/mol. The summed E-state index contributed by atoms with van der Waals surface area (Å²) in [5.74, 6) is 0.128. The van der Waals surface area contributed by atoms with Crippen molar-refractivity contribution in [3.8, 4) is 0 Å². The normalized spacial score (nSPS) is 27.6. The number of nitrogens with two attached hydrogens (primary N) is 1. The molecule has 2 rings (SSSR count). The summed E-state index contributed by atoms with van der Waals surface area (Å²) in [5, 5.41) is 9.79. The number of methoxy groups -OCH3 is 1. The minimum absolute atomic E-state index is 0.128.